The lowest BCUT2D eigenvalue weighted by Crippen LogP contribution is -2.42. The van der Waals surface area contributed by atoms with Gasteiger partial charge < -0.3 is 4.74 Å². The Morgan fingerprint density at radius 2 is 2.53 bits per heavy atom. The molecule has 2 aliphatic rings. The molecule has 2 saturated heterocycles. The summed E-state index contributed by atoms with van der Waals surface area (Å²) in [6, 6.07) is 0. The molecule has 2 fully saturated rings. The second-order valence-corrected chi connectivity index (χ2v) is 5.33. The Hall–Kier alpha value is -0.0600. The molecule has 0 aromatic rings. The topological polar surface area (TPSA) is 12.5 Å². The molecule has 2 nitrogen and oxygen atoms in total. The van der Waals surface area contributed by atoms with Crippen LogP contribution in [0.25, 0.3) is 0 Å². The van der Waals surface area contributed by atoms with Crippen molar-refractivity contribution in [1.29, 1.82) is 0 Å². The molecule has 86 valence electrons. The number of hydrogen-bond donors (Lipinski definition) is 1. The van der Waals surface area contributed by atoms with E-state index in [4.69, 9.17) is 4.74 Å². The van der Waals surface area contributed by atoms with Gasteiger partial charge in [-0.05, 0) is 38.3 Å². The van der Waals surface area contributed by atoms with Gasteiger partial charge in [-0.15, -0.1) is 12.6 Å². The predicted octanol–water partition coefficient (Wildman–Crippen LogP) is 2.37. The van der Waals surface area contributed by atoms with Gasteiger partial charge in [-0.1, -0.05) is 0 Å². The average Bonchev–Trinajstić information content (AvgIpc) is 2.70. The average molecular weight is 231 g/mol. The second kappa shape index (κ2) is 4.44. The van der Waals surface area contributed by atoms with Crippen molar-refractivity contribution in [3.05, 3.63) is 11.9 Å². The molecule has 2 unspecified atom stereocenters. The number of thiol groups is 1. The monoisotopic (exact) mass is 231 g/mol. The van der Waals surface area contributed by atoms with E-state index >= 15 is 0 Å². The molecule has 0 spiro atoms. The first-order valence-electron chi connectivity index (χ1n) is 5.49. The van der Waals surface area contributed by atoms with Gasteiger partial charge >= 0.3 is 0 Å². The smallest absolute Gasteiger partial charge is 0.0972 e. The van der Waals surface area contributed by atoms with Gasteiger partial charge in [0.25, 0.3) is 0 Å². The number of nitrogens with zero attached hydrogens (tertiary/aromatic N) is 1. The summed E-state index contributed by atoms with van der Waals surface area (Å²) in [7, 11) is 0. The normalized spacial score (nSPS) is 36.1. The van der Waals surface area contributed by atoms with Crippen molar-refractivity contribution in [2.45, 2.75) is 37.2 Å². The molecular weight excluding hydrogens is 213 g/mol. The van der Waals surface area contributed by atoms with Crippen LogP contribution < -0.4 is 0 Å². The van der Waals surface area contributed by atoms with Crippen molar-refractivity contribution in [2.24, 2.45) is 0 Å². The van der Waals surface area contributed by atoms with Gasteiger partial charge in [0, 0.05) is 12.1 Å². The van der Waals surface area contributed by atoms with Crippen molar-refractivity contribution in [3.8, 4) is 0 Å². The molecule has 2 heterocycles. The molecule has 4 heteroatoms. The maximum atomic E-state index is 12.5. The fraction of sp³-hybridized carbons (Fsp3) is 0.818. The third-order valence-electron chi connectivity index (χ3n) is 3.44. The molecule has 2 atom stereocenters. The largest absolute Gasteiger partial charge is 0.366 e. The quantitative estimate of drug-likeness (QED) is 0.591. The first-order valence-corrected chi connectivity index (χ1v) is 6.01. The zero-order valence-corrected chi connectivity index (χ0v) is 9.97. The lowest BCUT2D eigenvalue weighted by atomic mass is 9.94. The molecule has 0 N–H and O–H groups in total. The van der Waals surface area contributed by atoms with E-state index in [1.165, 1.54) is 6.42 Å². The van der Waals surface area contributed by atoms with Gasteiger partial charge in [-0.2, -0.15) is 0 Å². The van der Waals surface area contributed by atoms with E-state index in [1.54, 1.807) is 0 Å². The highest BCUT2D eigenvalue weighted by Gasteiger charge is 2.46. The van der Waals surface area contributed by atoms with Gasteiger partial charge in [0.1, 0.15) is 0 Å². The maximum Gasteiger partial charge on any atom is 0.0972 e. The van der Waals surface area contributed by atoms with Crippen molar-refractivity contribution >= 4 is 12.6 Å². The SMILES string of the molecule is CC(S)OCC12CCCN1C/C(=C\F)C2. The van der Waals surface area contributed by atoms with E-state index in [9.17, 15) is 4.39 Å². The Morgan fingerprint density at radius 3 is 3.20 bits per heavy atom. The van der Waals surface area contributed by atoms with Crippen LogP contribution in [0.15, 0.2) is 11.9 Å². The number of ether oxygens (including phenoxy) is 1. The highest BCUT2D eigenvalue weighted by molar-refractivity contribution is 7.80. The van der Waals surface area contributed by atoms with E-state index < -0.39 is 0 Å². The van der Waals surface area contributed by atoms with Crippen LogP contribution in [-0.4, -0.2) is 35.6 Å². The molecular formula is C11H18FNOS. The van der Waals surface area contributed by atoms with Crippen LogP contribution in [0.1, 0.15) is 26.2 Å². The van der Waals surface area contributed by atoms with Crippen molar-refractivity contribution in [1.82, 2.24) is 4.90 Å². The summed E-state index contributed by atoms with van der Waals surface area (Å²) >= 11 is 4.21. The highest BCUT2D eigenvalue weighted by Crippen LogP contribution is 2.41. The third kappa shape index (κ3) is 2.22. The van der Waals surface area contributed by atoms with Crippen LogP contribution in [0.2, 0.25) is 0 Å². The van der Waals surface area contributed by atoms with Crippen molar-refractivity contribution < 1.29 is 9.13 Å². The highest BCUT2D eigenvalue weighted by atomic mass is 32.1. The zero-order valence-electron chi connectivity index (χ0n) is 9.08. The zero-order chi connectivity index (χ0) is 10.9. The molecule has 0 aliphatic carbocycles. The van der Waals surface area contributed by atoms with Crippen molar-refractivity contribution in [3.63, 3.8) is 0 Å². The minimum absolute atomic E-state index is 0.0415. The van der Waals surface area contributed by atoms with Crippen LogP contribution in [0.3, 0.4) is 0 Å². The lowest BCUT2D eigenvalue weighted by molar-refractivity contribution is 0.0298. The van der Waals surface area contributed by atoms with Crippen LogP contribution in [0.4, 0.5) is 4.39 Å². The lowest BCUT2D eigenvalue weighted by Gasteiger charge is -2.31. The molecule has 0 amide bonds. The predicted molar refractivity (Wildman–Crippen MR) is 61.7 cm³/mol. The van der Waals surface area contributed by atoms with Crippen LogP contribution in [0, 0.1) is 0 Å². The number of halogens is 1. The van der Waals surface area contributed by atoms with Crippen LogP contribution in [0.5, 0.6) is 0 Å². The summed E-state index contributed by atoms with van der Waals surface area (Å²) < 4.78 is 18.1. The fourth-order valence-electron chi connectivity index (χ4n) is 2.73. The molecule has 0 radical (unpaired) electrons. The molecule has 0 bridgehead atoms. The summed E-state index contributed by atoms with van der Waals surface area (Å²) in [6.45, 7) is 4.44. The Morgan fingerprint density at radius 1 is 1.73 bits per heavy atom. The van der Waals surface area contributed by atoms with Crippen molar-refractivity contribution in [2.75, 3.05) is 19.7 Å². The first-order chi connectivity index (χ1) is 7.16. The van der Waals surface area contributed by atoms with Gasteiger partial charge in [0.05, 0.1) is 18.4 Å². The van der Waals surface area contributed by atoms with E-state index in [0.29, 0.717) is 6.61 Å². The van der Waals surface area contributed by atoms with E-state index in [0.717, 1.165) is 37.8 Å². The minimum atomic E-state index is -0.0415. The molecule has 0 aromatic heterocycles. The van der Waals surface area contributed by atoms with E-state index in [-0.39, 0.29) is 11.0 Å². The summed E-state index contributed by atoms with van der Waals surface area (Å²) in [4.78, 5) is 2.36. The summed E-state index contributed by atoms with van der Waals surface area (Å²) in [5.74, 6) is 0. The number of hydrogen-bond acceptors (Lipinski definition) is 3. The summed E-state index contributed by atoms with van der Waals surface area (Å²) in [6.07, 6.45) is 3.91. The molecule has 2 rings (SSSR count). The summed E-state index contributed by atoms with van der Waals surface area (Å²) in [5.41, 5.74) is 0.930. The van der Waals surface area contributed by atoms with Gasteiger partial charge in [0.2, 0.25) is 0 Å². The summed E-state index contributed by atoms with van der Waals surface area (Å²) in [5, 5.41) is 0. The Bertz CT molecular complexity index is 269. The molecule has 0 aromatic carbocycles. The van der Waals surface area contributed by atoms with Gasteiger partial charge in [-0.3, -0.25) is 4.90 Å². The number of rotatable bonds is 3. The van der Waals surface area contributed by atoms with Gasteiger partial charge in [-0.25, -0.2) is 4.39 Å². The number of fused-ring (bicyclic) bond motifs is 1. The Kier molecular flexibility index (Phi) is 3.38. The second-order valence-electron chi connectivity index (χ2n) is 4.60. The first kappa shape index (κ1) is 11.4. The fourth-order valence-corrected chi connectivity index (χ4v) is 2.80. The Balaban J connectivity index is 2.04. The van der Waals surface area contributed by atoms with E-state index in [2.05, 4.69) is 17.5 Å². The maximum absolute atomic E-state index is 12.5. The molecule has 15 heavy (non-hydrogen) atoms. The molecule has 2 aliphatic heterocycles. The molecule has 0 saturated carbocycles. The van der Waals surface area contributed by atoms with Crippen LogP contribution in [-0.2, 0) is 4.74 Å². The van der Waals surface area contributed by atoms with Gasteiger partial charge in [0.15, 0.2) is 0 Å². The minimum Gasteiger partial charge on any atom is -0.366 e. The van der Waals surface area contributed by atoms with E-state index in [1.807, 2.05) is 6.92 Å². The standard InChI is InChI=1S/C11H18FNOS/c1-9(15)14-8-11-3-2-4-13(11)7-10(5-11)6-12/h6,9,15H,2-5,7-8H2,1H3/b10-6-. The Labute approximate surface area is 95.9 Å². The third-order valence-corrected chi connectivity index (χ3v) is 3.59. The van der Waals surface area contributed by atoms with Crippen LogP contribution >= 0.6 is 12.6 Å².